The van der Waals surface area contributed by atoms with Gasteiger partial charge in [0.15, 0.2) is 12.6 Å². The highest BCUT2D eigenvalue weighted by Crippen LogP contribution is 2.18. The molecule has 8 heteroatoms. The number of carbonyl (C=O) groups excluding carboxylic acids is 1. The van der Waals surface area contributed by atoms with Crippen molar-refractivity contribution >= 4 is 35.8 Å². The number of aliphatic imine (C=N–C) groups is 1. The van der Waals surface area contributed by atoms with Crippen molar-refractivity contribution in [2.45, 2.75) is 45.2 Å². The average Bonchev–Trinajstić information content (AvgIpc) is 3.45. The lowest BCUT2D eigenvalue weighted by Crippen LogP contribution is -2.44. The Kier molecular flexibility index (Phi) is 11.9. The molecule has 1 aromatic rings. The van der Waals surface area contributed by atoms with Crippen LogP contribution < -0.4 is 20.7 Å². The Morgan fingerprint density at radius 3 is 2.61 bits per heavy atom. The van der Waals surface area contributed by atoms with Crippen LogP contribution in [0.4, 0.5) is 0 Å². The minimum Gasteiger partial charge on any atom is -0.484 e. The van der Waals surface area contributed by atoms with Crippen molar-refractivity contribution in [1.82, 2.24) is 16.0 Å². The van der Waals surface area contributed by atoms with Gasteiger partial charge in [-0.15, -0.1) is 24.0 Å². The number of benzene rings is 1. The monoisotopic (exact) mass is 504 g/mol. The van der Waals surface area contributed by atoms with Crippen LogP contribution in [-0.2, 0) is 16.0 Å². The van der Waals surface area contributed by atoms with Gasteiger partial charge in [-0.3, -0.25) is 9.79 Å². The minimum absolute atomic E-state index is 0. The van der Waals surface area contributed by atoms with E-state index in [-0.39, 0.29) is 42.5 Å². The summed E-state index contributed by atoms with van der Waals surface area (Å²) in [6.07, 6.45) is 3.00. The SMILES string of the molecule is CCNC(=NCCc1ccc(OCC(=O)NC2CC2)cc1)NC(C)COC.I. The van der Waals surface area contributed by atoms with Crippen LogP contribution >= 0.6 is 24.0 Å². The van der Waals surface area contributed by atoms with E-state index < -0.39 is 0 Å². The molecule has 28 heavy (non-hydrogen) atoms. The third kappa shape index (κ3) is 10.1. The van der Waals surface area contributed by atoms with Crippen LogP contribution in [0.5, 0.6) is 5.75 Å². The van der Waals surface area contributed by atoms with Gasteiger partial charge in [-0.2, -0.15) is 0 Å². The van der Waals surface area contributed by atoms with Gasteiger partial charge in [0.05, 0.1) is 6.61 Å². The molecule has 0 heterocycles. The molecule has 2 rings (SSSR count). The number of hydrogen-bond acceptors (Lipinski definition) is 4. The standard InChI is InChI=1S/C20H32N4O3.HI/c1-4-21-20(23-15(2)13-26-3)22-12-11-16-5-9-18(10-6-16)27-14-19(25)24-17-7-8-17;/h5-6,9-10,15,17H,4,7-8,11-14H2,1-3H3,(H,24,25)(H2,21,22,23);1H. The number of nitrogens with zero attached hydrogens (tertiary/aromatic N) is 1. The van der Waals surface area contributed by atoms with Gasteiger partial charge in [-0.05, 0) is 50.8 Å². The van der Waals surface area contributed by atoms with Crippen molar-refractivity contribution < 1.29 is 14.3 Å². The fourth-order valence-corrected chi connectivity index (χ4v) is 2.54. The zero-order valence-corrected chi connectivity index (χ0v) is 19.3. The molecule has 1 unspecified atom stereocenters. The first kappa shape index (κ1) is 24.5. The van der Waals surface area contributed by atoms with Gasteiger partial charge in [0.2, 0.25) is 0 Å². The minimum atomic E-state index is -0.0536. The van der Waals surface area contributed by atoms with Crippen molar-refractivity contribution in [3.8, 4) is 5.75 Å². The summed E-state index contributed by atoms with van der Waals surface area (Å²) in [5.41, 5.74) is 1.18. The first-order chi connectivity index (χ1) is 13.1. The highest BCUT2D eigenvalue weighted by Gasteiger charge is 2.23. The van der Waals surface area contributed by atoms with Crippen LogP contribution in [0, 0.1) is 0 Å². The molecular weight excluding hydrogens is 471 g/mol. The summed E-state index contributed by atoms with van der Waals surface area (Å²) in [4.78, 5) is 16.2. The number of ether oxygens (including phenoxy) is 2. The molecule has 158 valence electrons. The number of carbonyl (C=O) groups is 1. The van der Waals surface area contributed by atoms with Crippen molar-refractivity contribution in [1.29, 1.82) is 0 Å². The first-order valence-electron chi connectivity index (χ1n) is 9.65. The molecule has 0 spiro atoms. The van der Waals surface area contributed by atoms with E-state index in [1.165, 1.54) is 5.56 Å². The molecule has 0 radical (unpaired) electrons. The van der Waals surface area contributed by atoms with Crippen molar-refractivity contribution in [3.63, 3.8) is 0 Å². The molecule has 0 bridgehead atoms. The normalized spacial score (nSPS) is 14.6. The Morgan fingerprint density at radius 1 is 1.29 bits per heavy atom. The van der Waals surface area contributed by atoms with Crippen LogP contribution in [0.3, 0.4) is 0 Å². The van der Waals surface area contributed by atoms with E-state index in [0.717, 1.165) is 31.8 Å². The maximum Gasteiger partial charge on any atom is 0.258 e. The lowest BCUT2D eigenvalue weighted by Gasteiger charge is -2.17. The van der Waals surface area contributed by atoms with Gasteiger partial charge in [-0.1, -0.05) is 12.1 Å². The van der Waals surface area contributed by atoms with Crippen LogP contribution in [0.2, 0.25) is 0 Å². The summed E-state index contributed by atoms with van der Waals surface area (Å²) >= 11 is 0. The Labute approximate surface area is 185 Å². The number of guanidine groups is 1. The van der Waals surface area contributed by atoms with Crippen LogP contribution in [0.25, 0.3) is 0 Å². The second kappa shape index (κ2) is 13.6. The molecule has 7 nitrogen and oxygen atoms in total. The third-order valence-electron chi connectivity index (χ3n) is 4.05. The van der Waals surface area contributed by atoms with E-state index >= 15 is 0 Å². The topological polar surface area (TPSA) is 84.0 Å². The highest BCUT2D eigenvalue weighted by molar-refractivity contribution is 14.0. The Balaban J connectivity index is 0.00000392. The van der Waals surface area contributed by atoms with Crippen LogP contribution in [0.15, 0.2) is 29.3 Å². The average molecular weight is 504 g/mol. The molecule has 0 aromatic heterocycles. The molecule has 1 aliphatic rings. The maximum atomic E-state index is 11.6. The molecular formula is C20H33IN4O3. The predicted molar refractivity (Wildman–Crippen MR) is 123 cm³/mol. The fraction of sp³-hybridized carbons (Fsp3) is 0.600. The van der Waals surface area contributed by atoms with Crippen molar-refractivity contribution in [2.75, 3.05) is 33.4 Å². The van der Waals surface area contributed by atoms with Crippen molar-refractivity contribution in [3.05, 3.63) is 29.8 Å². The highest BCUT2D eigenvalue weighted by atomic mass is 127. The largest absolute Gasteiger partial charge is 0.484 e. The van der Waals surface area contributed by atoms with E-state index in [1.807, 2.05) is 31.2 Å². The number of hydrogen-bond donors (Lipinski definition) is 3. The molecule has 0 aliphatic heterocycles. The van der Waals surface area contributed by atoms with Gasteiger partial charge in [0.25, 0.3) is 5.91 Å². The smallest absolute Gasteiger partial charge is 0.258 e. The lowest BCUT2D eigenvalue weighted by atomic mass is 10.1. The summed E-state index contributed by atoms with van der Waals surface area (Å²) < 4.78 is 10.7. The lowest BCUT2D eigenvalue weighted by molar-refractivity contribution is -0.123. The quantitative estimate of drug-likeness (QED) is 0.244. The van der Waals surface area contributed by atoms with E-state index in [0.29, 0.717) is 24.9 Å². The van der Waals surface area contributed by atoms with Crippen molar-refractivity contribution in [2.24, 2.45) is 4.99 Å². The Hall–Kier alpha value is -1.55. The molecule has 1 atom stereocenters. The Bertz CT molecular complexity index is 606. The van der Waals surface area contributed by atoms with E-state index in [9.17, 15) is 4.79 Å². The maximum absolute atomic E-state index is 11.6. The predicted octanol–water partition coefficient (Wildman–Crippen LogP) is 2.09. The van der Waals surface area contributed by atoms with Gasteiger partial charge >= 0.3 is 0 Å². The van der Waals surface area contributed by atoms with Gasteiger partial charge in [0, 0.05) is 32.3 Å². The zero-order chi connectivity index (χ0) is 19.5. The molecule has 1 amide bonds. The number of rotatable bonds is 11. The number of nitrogens with one attached hydrogen (secondary N) is 3. The molecule has 1 aliphatic carbocycles. The Morgan fingerprint density at radius 2 is 2.00 bits per heavy atom. The molecule has 0 saturated heterocycles. The number of halogens is 1. The number of amides is 1. The number of methoxy groups -OCH3 is 1. The second-order valence-corrected chi connectivity index (χ2v) is 6.79. The fourth-order valence-electron chi connectivity index (χ4n) is 2.54. The molecule has 1 aromatic carbocycles. The summed E-state index contributed by atoms with van der Waals surface area (Å²) in [7, 11) is 1.69. The zero-order valence-electron chi connectivity index (χ0n) is 17.0. The first-order valence-corrected chi connectivity index (χ1v) is 9.65. The second-order valence-electron chi connectivity index (χ2n) is 6.79. The summed E-state index contributed by atoms with van der Waals surface area (Å²) in [5.74, 6) is 1.45. The summed E-state index contributed by atoms with van der Waals surface area (Å²) in [6, 6.07) is 8.38. The van der Waals surface area contributed by atoms with Crippen LogP contribution in [0.1, 0.15) is 32.3 Å². The van der Waals surface area contributed by atoms with E-state index in [1.54, 1.807) is 7.11 Å². The molecule has 1 fully saturated rings. The van der Waals surface area contributed by atoms with E-state index in [4.69, 9.17) is 9.47 Å². The van der Waals surface area contributed by atoms with Gasteiger partial charge in [0.1, 0.15) is 5.75 Å². The van der Waals surface area contributed by atoms with Gasteiger partial charge < -0.3 is 25.4 Å². The van der Waals surface area contributed by atoms with Gasteiger partial charge in [-0.25, -0.2) is 0 Å². The van der Waals surface area contributed by atoms with Crippen LogP contribution in [-0.4, -0.2) is 57.4 Å². The third-order valence-corrected chi connectivity index (χ3v) is 4.05. The molecule has 3 N–H and O–H groups in total. The van der Waals surface area contributed by atoms with E-state index in [2.05, 4.69) is 27.9 Å². The molecule has 1 saturated carbocycles. The summed E-state index contributed by atoms with van der Waals surface area (Å²) in [6.45, 7) is 6.29. The summed E-state index contributed by atoms with van der Waals surface area (Å²) in [5, 5.41) is 9.46.